The molecule has 0 spiro atoms. The second-order valence-corrected chi connectivity index (χ2v) is 7.80. The summed E-state index contributed by atoms with van der Waals surface area (Å²) in [5, 5.41) is 0. The molecular formula is C14H22N2O2S. The number of hydrogen-bond acceptors (Lipinski definition) is 2. The zero-order valence-electron chi connectivity index (χ0n) is 11.8. The van der Waals surface area contributed by atoms with Crippen molar-refractivity contribution in [3.05, 3.63) is 35.9 Å². The summed E-state index contributed by atoms with van der Waals surface area (Å²) >= 11 is 0. The molecule has 0 saturated carbocycles. The van der Waals surface area contributed by atoms with Crippen molar-refractivity contribution < 1.29 is 8.42 Å². The largest absolute Gasteiger partial charge is 0.281 e. The highest BCUT2D eigenvalue weighted by atomic mass is 32.2. The lowest BCUT2D eigenvalue weighted by Crippen LogP contribution is -2.50. The molecule has 1 heterocycles. The maximum absolute atomic E-state index is 12.3. The van der Waals surface area contributed by atoms with Crippen LogP contribution in [0.1, 0.15) is 25.3 Å². The monoisotopic (exact) mass is 282 g/mol. The first-order valence-electron chi connectivity index (χ1n) is 6.59. The number of nitrogens with zero attached hydrogens (tertiary/aromatic N) is 2. The highest BCUT2D eigenvalue weighted by Gasteiger charge is 2.38. The van der Waals surface area contributed by atoms with Gasteiger partial charge in [-0.3, -0.25) is 0 Å². The van der Waals surface area contributed by atoms with Gasteiger partial charge in [0.1, 0.15) is 0 Å². The Bertz CT molecular complexity index is 528. The fourth-order valence-corrected chi connectivity index (χ4v) is 3.97. The SMILES string of the molecule is CN(C)S(=O)(=O)N1CCC[C@@](C)(c2ccccc2)C1. The standard InChI is InChI=1S/C14H22N2O2S/c1-14(13-8-5-4-6-9-13)10-7-11-16(12-14)19(17,18)15(2)3/h4-6,8-9H,7,10-12H2,1-3H3/t14-/m1/s1. The summed E-state index contributed by atoms with van der Waals surface area (Å²) in [6.07, 6.45) is 1.93. The van der Waals surface area contributed by atoms with E-state index >= 15 is 0 Å². The van der Waals surface area contributed by atoms with Crippen LogP contribution in [0, 0.1) is 0 Å². The minimum absolute atomic E-state index is 0.0947. The Balaban J connectivity index is 2.27. The fraction of sp³-hybridized carbons (Fsp3) is 0.571. The molecule has 0 aliphatic carbocycles. The van der Waals surface area contributed by atoms with Crippen molar-refractivity contribution in [2.24, 2.45) is 0 Å². The summed E-state index contributed by atoms with van der Waals surface area (Å²) in [7, 11) is -0.138. The van der Waals surface area contributed by atoms with Gasteiger partial charge in [0.05, 0.1) is 0 Å². The molecule has 1 aliphatic heterocycles. The first kappa shape index (κ1) is 14.5. The van der Waals surface area contributed by atoms with Crippen LogP contribution >= 0.6 is 0 Å². The van der Waals surface area contributed by atoms with E-state index in [1.165, 1.54) is 9.87 Å². The number of benzene rings is 1. The summed E-state index contributed by atoms with van der Waals surface area (Å²) in [6.45, 7) is 3.32. The van der Waals surface area contributed by atoms with Gasteiger partial charge in [-0.25, -0.2) is 0 Å². The van der Waals surface area contributed by atoms with Crippen molar-refractivity contribution in [3.63, 3.8) is 0 Å². The van der Waals surface area contributed by atoms with E-state index in [0.717, 1.165) is 12.8 Å². The molecule has 106 valence electrons. The smallest absolute Gasteiger partial charge is 0.195 e. The zero-order valence-corrected chi connectivity index (χ0v) is 12.7. The van der Waals surface area contributed by atoms with Crippen LogP contribution < -0.4 is 0 Å². The Morgan fingerprint density at radius 2 is 1.84 bits per heavy atom. The number of rotatable bonds is 3. The van der Waals surface area contributed by atoms with Gasteiger partial charge < -0.3 is 0 Å². The molecule has 19 heavy (non-hydrogen) atoms. The molecule has 0 N–H and O–H groups in total. The lowest BCUT2D eigenvalue weighted by Gasteiger charge is -2.40. The average molecular weight is 282 g/mol. The second-order valence-electron chi connectivity index (χ2n) is 5.65. The van der Waals surface area contributed by atoms with E-state index in [0.29, 0.717) is 13.1 Å². The Morgan fingerprint density at radius 1 is 1.21 bits per heavy atom. The van der Waals surface area contributed by atoms with Crippen molar-refractivity contribution in [2.75, 3.05) is 27.2 Å². The predicted octanol–water partition coefficient (Wildman–Crippen LogP) is 1.85. The fourth-order valence-electron chi connectivity index (χ4n) is 2.70. The molecule has 0 aromatic heterocycles. The van der Waals surface area contributed by atoms with Gasteiger partial charge in [0.15, 0.2) is 0 Å². The van der Waals surface area contributed by atoms with Gasteiger partial charge in [-0.05, 0) is 18.4 Å². The highest BCUT2D eigenvalue weighted by molar-refractivity contribution is 7.86. The topological polar surface area (TPSA) is 40.6 Å². The third kappa shape index (κ3) is 2.83. The molecule has 0 bridgehead atoms. The molecule has 1 aromatic rings. The van der Waals surface area contributed by atoms with Crippen LogP contribution in [0.2, 0.25) is 0 Å². The first-order chi connectivity index (χ1) is 8.86. The average Bonchev–Trinajstić information content (AvgIpc) is 2.39. The van der Waals surface area contributed by atoms with Crippen molar-refractivity contribution in [3.8, 4) is 0 Å². The third-order valence-corrected chi connectivity index (χ3v) is 5.81. The van der Waals surface area contributed by atoms with Crippen LogP contribution in [-0.4, -0.2) is 44.2 Å². The van der Waals surface area contributed by atoms with Crippen molar-refractivity contribution in [2.45, 2.75) is 25.2 Å². The lowest BCUT2D eigenvalue weighted by molar-refractivity contribution is 0.231. The molecule has 2 rings (SSSR count). The molecule has 1 atom stereocenters. The van der Waals surface area contributed by atoms with E-state index in [2.05, 4.69) is 19.1 Å². The minimum atomic E-state index is -3.31. The van der Waals surface area contributed by atoms with Gasteiger partial charge in [-0.1, -0.05) is 37.3 Å². The normalized spacial score (nSPS) is 25.7. The molecule has 0 radical (unpaired) electrons. The molecule has 1 saturated heterocycles. The molecular weight excluding hydrogens is 260 g/mol. The van der Waals surface area contributed by atoms with E-state index in [1.54, 1.807) is 18.4 Å². The lowest BCUT2D eigenvalue weighted by atomic mass is 9.77. The van der Waals surface area contributed by atoms with Crippen LogP contribution in [-0.2, 0) is 15.6 Å². The maximum atomic E-state index is 12.3. The number of hydrogen-bond donors (Lipinski definition) is 0. The van der Waals surface area contributed by atoms with Crippen molar-refractivity contribution in [1.82, 2.24) is 8.61 Å². The zero-order chi connectivity index (χ0) is 14.1. The summed E-state index contributed by atoms with van der Waals surface area (Å²) in [5.41, 5.74) is 1.12. The molecule has 1 fully saturated rings. The Morgan fingerprint density at radius 3 is 2.42 bits per heavy atom. The summed E-state index contributed by atoms with van der Waals surface area (Å²) in [6, 6.07) is 10.2. The first-order valence-corrected chi connectivity index (χ1v) is 7.99. The molecule has 1 aliphatic rings. The van der Waals surface area contributed by atoms with Crippen LogP contribution in [0.5, 0.6) is 0 Å². The minimum Gasteiger partial charge on any atom is -0.195 e. The Labute approximate surface area is 116 Å². The number of piperidine rings is 1. The van der Waals surface area contributed by atoms with Gasteiger partial charge >= 0.3 is 0 Å². The third-order valence-electron chi connectivity index (χ3n) is 3.92. The predicted molar refractivity (Wildman–Crippen MR) is 77.2 cm³/mol. The van der Waals surface area contributed by atoms with Gasteiger partial charge in [0.2, 0.25) is 0 Å². The van der Waals surface area contributed by atoms with Crippen molar-refractivity contribution >= 4 is 10.2 Å². The van der Waals surface area contributed by atoms with Crippen LogP contribution in [0.25, 0.3) is 0 Å². The van der Waals surface area contributed by atoms with E-state index in [-0.39, 0.29) is 5.41 Å². The molecule has 0 unspecified atom stereocenters. The van der Waals surface area contributed by atoms with Gasteiger partial charge in [0.25, 0.3) is 10.2 Å². The quantitative estimate of drug-likeness (QED) is 0.849. The van der Waals surface area contributed by atoms with Crippen LogP contribution in [0.15, 0.2) is 30.3 Å². The highest BCUT2D eigenvalue weighted by Crippen LogP contribution is 2.34. The van der Waals surface area contributed by atoms with E-state index in [9.17, 15) is 8.42 Å². The van der Waals surface area contributed by atoms with E-state index in [1.807, 2.05) is 18.2 Å². The molecule has 0 amide bonds. The van der Waals surface area contributed by atoms with E-state index < -0.39 is 10.2 Å². The molecule has 4 nitrogen and oxygen atoms in total. The second kappa shape index (κ2) is 5.23. The van der Waals surface area contributed by atoms with Gasteiger partial charge in [-0.15, -0.1) is 0 Å². The molecule has 5 heteroatoms. The van der Waals surface area contributed by atoms with Crippen molar-refractivity contribution in [1.29, 1.82) is 0 Å². The van der Waals surface area contributed by atoms with Crippen LogP contribution in [0.3, 0.4) is 0 Å². The van der Waals surface area contributed by atoms with E-state index in [4.69, 9.17) is 0 Å². The van der Waals surface area contributed by atoms with Gasteiger partial charge in [-0.2, -0.15) is 17.0 Å². The maximum Gasteiger partial charge on any atom is 0.281 e. The summed E-state index contributed by atoms with van der Waals surface area (Å²) < 4.78 is 27.4. The molecule has 1 aromatic carbocycles. The Hall–Kier alpha value is -0.910. The summed E-state index contributed by atoms with van der Waals surface area (Å²) in [5.74, 6) is 0. The summed E-state index contributed by atoms with van der Waals surface area (Å²) in [4.78, 5) is 0. The van der Waals surface area contributed by atoms with Crippen LogP contribution in [0.4, 0.5) is 0 Å². The van der Waals surface area contributed by atoms with Gasteiger partial charge in [0, 0.05) is 32.6 Å². The Kier molecular flexibility index (Phi) is 3.99.